The number of hydrogen-bond donors (Lipinski definition) is 4. The number of aliphatic imine (C=N–C) groups is 1. The topological polar surface area (TPSA) is 138 Å². The van der Waals surface area contributed by atoms with E-state index in [2.05, 4.69) is 36.1 Å². The molecule has 0 radical (unpaired) electrons. The Bertz CT molecular complexity index is 1570. The second-order valence-corrected chi connectivity index (χ2v) is 10.3. The van der Waals surface area contributed by atoms with Crippen LogP contribution >= 0.6 is 11.3 Å². The number of aromatic nitrogens is 3. The zero-order valence-electron chi connectivity index (χ0n) is 20.6. The number of carbonyl (C=O) groups is 1. The van der Waals surface area contributed by atoms with E-state index in [1.165, 1.54) is 0 Å². The molecule has 0 saturated heterocycles. The van der Waals surface area contributed by atoms with E-state index in [0.29, 0.717) is 41.1 Å². The minimum Gasteiger partial charge on any atom is -0.402 e. The summed E-state index contributed by atoms with van der Waals surface area (Å²) in [6, 6.07) is 15.9. The zero-order chi connectivity index (χ0) is 27.9. The lowest BCUT2D eigenvalue weighted by molar-refractivity contribution is -0.137. The summed E-state index contributed by atoms with van der Waals surface area (Å²) in [6.07, 6.45) is -4.69. The van der Waals surface area contributed by atoms with Crippen LogP contribution in [-0.4, -0.2) is 50.2 Å². The van der Waals surface area contributed by atoms with E-state index in [9.17, 15) is 23.1 Å². The summed E-state index contributed by atoms with van der Waals surface area (Å²) >= 11 is 0.397. The molecule has 10 nitrogen and oxygen atoms in total. The third-order valence-electron chi connectivity index (χ3n) is 6.55. The smallest absolute Gasteiger partial charge is 0.402 e. The molecule has 4 N–H and O–H groups in total. The molecule has 2 aromatic carbocycles. The summed E-state index contributed by atoms with van der Waals surface area (Å²) in [6.45, 7) is 0. The average molecular weight is 570 g/mol. The Labute approximate surface area is 229 Å². The predicted octanol–water partition coefficient (Wildman–Crippen LogP) is 4.76. The van der Waals surface area contributed by atoms with Gasteiger partial charge in [-0.2, -0.15) is 13.2 Å². The molecule has 2 aliphatic rings. The van der Waals surface area contributed by atoms with Crippen molar-refractivity contribution in [2.75, 3.05) is 16.0 Å². The van der Waals surface area contributed by atoms with Gasteiger partial charge >= 0.3 is 12.2 Å². The highest BCUT2D eigenvalue weighted by molar-refractivity contribution is 7.16. The number of para-hydroxylation sites is 1. The number of nitrogens with one attached hydrogen (secondary N) is 3. The summed E-state index contributed by atoms with van der Waals surface area (Å²) in [5, 5.41) is 25.5. The normalized spacial score (nSPS) is 20.9. The van der Waals surface area contributed by atoms with Crippen molar-refractivity contribution in [1.82, 2.24) is 15.2 Å². The summed E-state index contributed by atoms with van der Waals surface area (Å²) in [5.74, 6) is -0.780. The van der Waals surface area contributed by atoms with E-state index in [-0.39, 0.29) is 22.6 Å². The Morgan fingerprint density at radius 3 is 2.55 bits per heavy atom. The van der Waals surface area contributed by atoms with E-state index in [0.717, 1.165) is 12.0 Å². The van der Waals surface area contributed by atoms with Crippen LogP contribution in [0.4, 0.5) is 29.9 Å². The van der Waals surface area contributed by atoms with Crippen molar-refractivity contribution in [1.29, 1.82) is 0 Å². The van der Waals surface area contributed by atoms with Gasteiger partial charge in [-0.25, -0.2) is 9.98 Å². The van der Waals surface area contributed by atoms with Crippen LogP contribution in [-0.2, 0) is 11.0 Å². The highest BCUT2D eigenvalue weighted by atomic mass is 32.1. The molecule has 3 heterocycles. The molecule has 1 aliphatic carbocycles. The second kappa shape index (κ2) is 10.4. The fourth-order valence-corrected chi connectivity index (χ4v) is 5.52. The molecule has 4 aromatic rings. The van der Waals surface area contributed by atoms with E-state index in [1.54, 1.807) is 12.1 Å². The molecule has 1 saturated carbocycles. The molecular formula is C26H22F3N7O3S. The van der Waals surface area contributed by atoms with Gasteiger partial charge in [0.2, 0.25) is 11.2 Å². The minimum atomic E-state index is -4.69. The van der Waals surface area contributed by atoms with Crippen LogP contribution in [0.25, 0.3) is 11.6 Å². The monoisotopic (exact) mass is 569 g/mol. The number of aliphatic hydroxyl groups excluding tert-OH is 1. The molecule has 3 atom stereocenters. The first-order valence-electron chi connectivity index (χ1n) is 12.4. The summed E-state index contributed by atoms with van der Waals surface area (Å²) in [4.78, 5) is 21.4. The van der Waals surface area contributed by atoms with E-state index >= 15 is 0 Å². The standard InChI is InChI=1S/C26H22F3N7O3S/c27-26(28,29)24-33-19(23(40-24)31-16-11-6-12-17(16)37)22-35-36-25(39-22)34-20-21(38)30-15-10-5-4-9-14(15)18(32-20)13-7-2-1-3-8-13/h1-5,7-10,16-17,20,31,37H,6,11-12H2,(H,30,38)(H,34,36)/t16-,17+,20+/m0/s1. The number of halogens is 3. The van der Waals surface area contributed by atoms with Crippen LogP contribution in [0.15, 0.2) is 64.0 Å². The number of thiazole rings is 1. The molecule has 0 bridgehead atoms. The lowest BCUT2D eigenvalue weighted by Gasteiger charge is -2.16. The number of hydrogen-bond acceptors (Lipinski definition) is 10. The van der Waals surface area contributed by atoms with Gasteiger partial charge in [-0.1, -0.05) is 65.0 Å². The fraction of sp³-hybridized carbons (Fsp3) is 0.269. The van der Waals surface area contributed by atoms with Crippen LogP contribution < -0.4 is 16.0 Å². The summed E-state index contributed by atoms with van der Waals surface area (Å²) < 4.78 is 46.1. The molecule has 0 unspecified atom stereocenters. The van der Waals surface area contributed by atoms with Crippen LogP contribution in [0.5, 0.6) is 0 Å². The first kappa shape index (κ1) is 26.0. The number of alkyl halides is 3. The Morgan fingerprint density at radius 2 is 1.80 bits per heavy atom. The maximum Gasteiger partial charge on any atom is 0.443 e. The van der Waals surface area contributed by atoms with Gasteiger partial charge in [0.1, 0.15) is 5.00 Å². The number of fused-ring (bicyclic) bond motifs is 1. The lowest BCUT2D eigenvalue weighted by Crippen LogP contribution is -2.32. The largest absolute Gasteiger partial charge is 0.443 e. The zero-order valence-corrected chi connectivity index (χ0v) is 21.5. The number of benzodiazepines with no additional fused rings is 1. The molecule has 40 heavy (non-hydrogen) atoms. The Balaban J connectivity index is 1.32. The van der Waals surface area contributed by atoms with Gasteiger partial charge < -0.3 is 25.5 Å². The van der Waals surface area contributed by atoms with Gasteiger partial charge in [-0.15, -0.1) is 5.10 Å². The van der Waals surface area contributed by atoms with Crippen molar-refractivity contribution in [3.05, 3.63) is 70.7 Å². The van der Waals surface area contributed by atoms with Gasteiger partial charge in [0.25, 0.3) is 11.8 Å². The number of nitrogens with zero attached hydrogens (tertiary/aromatic N) is 4. The molecule has 6 rings (SSSR count). The molecular weight excluding hydrogens is 547 g/mol. The number of anilines is 3. The van der Waals surface area contributed by atoms with Crippen molar-refractivity contribution in [2.24, 2.45) is 4.99 Å². The van der Waals surface area contributed by atoms with Gasteiger partial charge in [0.05, 0.1) is 23.5 Å². The molecule has 1 aliphatic heterocycles. The van der Waals surface area contributed by atoms with Gasteiger partial charge in [0, 0.05) is 11.1 Å². The lowest BCUT2D eigenvalue weighted by atomic mass is 10.0. The highest BCUT2D eigenvalue weighted by Crippen LogP contribution is 2.42. The van der Waals surface area contributed by atoms with Gasteiger partial charge in [-0.05, 0) is 25.3 Å². The molecule has 206 valence electrons. The van der Waals surface area contributed by atoms with Gasteiger partial charge in [0.15, 0.2) is 5.69 Å². The maximum atomic E-state index is 13.5. The van der Waals surface area contributed by atoms with Crippen LogP contribution in [0.1, 0.15) is 35.4 Å². The molecule has 1 amide bonds. The quantitative estimate of drug-likeness (QED) is 0.261. The number of carbonyl (C=O) groups excluding carboxylic acids is 1. The van der Waals surface area contributed by atoms with E-state index in [1.807, 2.05) is 42.5 Å². The van der Waals surface area contributed by atoms with E-state index in [4.69, 9.17) is 4.42 Å². The Kier molecular flexibility index (Phi) is 6.72. The SMILES string of the molecule is O=C1Nc2ccccc2C(c2ccccc2)=N[C@@H]1Nc1nnc(-c2nc(C(F)(F)F)sc2N[C@H]2CCC[C@H]2O)o1. The third kappa shape index (κ3) is 5.14. The average Bonchev–Trinajstić information content (AvgIpc) is 3.66. The number of rotatable bonds is 6. The van der Waals surface area contributed by atoms with Crippen molar-refractivity contribution in [3.8, 4) is 11.6 Å². The van der Waals surface area contributed by atoms with Crippen LogP contribution in [0, 0.1) is 0 Å². The van der Waals surface area contributed by atoms with Crippen molar-refractivity contribution in [3.63, 3.8) is 0 Å². The molecule has 1 fully saturated rings. The van der Waals surface area contributed by atoms with E-state index < -0.39 is 35.4 Å². The van der Waals surface area contributed by atoms with Crippen molar-refractivity contribution < 1.29 is 27.5 Å². The molecule has 14 heteroatoms. The first-order chi connectivity index (χ1) is 19.3. The van der Waals surface area contributed by atoms with Crippen molar-refractivity contribution in [2.45, 2.75) is 43.8 Å². The number of aliphatic hydroxyl groups is 1. The first-order valence-corrected chi connectivity index (χ1v) is 13.2. The second-order valence-electron chi connectivity index (χ2n) is 9.28. The van der Waals surface area contributed by atoms with Crippen LogP contribution in [0.2, 0.25) is 0 Å². The van der Waals surface area contributed by atoms with Crippen molar-refractivity contribution >= 4 is 39.7 Å². The van der Waals surface area contributed by atoms with Crippen LogP contribution in [0.3, 0.4) is 0 Å². The third-order valence-corrected chi connectivity index (χ3v) is 7.58. The Morgan fingerprint density at radius 1 is 1.02 bits per heavy atom. The molecule has 2 aromatic heterocycles. The predicted molar refractivity (Wildman–Crippen MR) is 142 cm³/mol. The number of benzene rings is 2. The summed E-state index contributed by atoms with van der Waals surface area (Å²) in [7, 11) is 0. The molecule has 0 spiro atoms. The fourth-order valence-electron chi connectivity index (χ4n) is 4.64. The highest BCUT2D eigenvalue weighted by Gasteiger charge is 2.38. The number of amides is 1. The van der Waals surface area contributed by atoms with Gasteiger partial charge in [-0.3, -0.25) is 4.79 Å². The summed E-state index contributed by atoms with van der Waals surface area (Å²) in [5.41, 5.74) is 2.41. The Hall–Kier alpha value is -4.30. The maximum absolute atomic E-state index is 13.5. The minimum absolute atomic E-state index is 0.0560.